The third-order valence-electron chi connectivity index (χ3n) is 5.69. The van der Waals surface area contributed by atoms with Crippen LogP contribution in [0.2, 0.25) is 5.02 Å². The van der Waals surface area contributed by atoms with E-state index in [1.165, 1.54) is 7.11 Å². The first-order chi connectivity index (χ1) is 16.4. The average molecular weight is 539 g/mol. The fraction of sp³-hybridized carbons (Fsp3) is 0.179. The third-order valence-corrected chi connectivity index (χ3v) is 6.59. The molecular formula is C28H25BrClNO3. The average Bonchev–Trinajstić information content (AvgIpc) is 2.84. The number of ether oxygens (including phenoxy) is 2. The smallest absolute Gasteiger partial charge is 0.337 e. The number of rotatable bonds is 6. The molecule has 0 unspecified atom stereocenters. The van der Waals surface area contributed by atoms with Crippen LogP contribution in [-0.2, 0) is 11.3 Å². The summed E-state index contributed by atoms with van der Waals surface area (Å²) in [7, 11) is 1.39. The van der Waals surface area contributed by atoms with Gasteiger partial charge in [0.25, 0.3) is 0 Å². The zero-order valence-electron chi connectivity index (χ0n) is 19.3. The second kappa shape index (κ2) is 10.5. The molecule has 1 heterocycles. The number of anilines is 1. The van der Waals surface area contributed by atoms with E-state index in [4.69, 9.17) is 21.1 Å². The summed E-state index contributed by atoms with van der Waals surface area (Å²) >= 11 is 9.91. The molecule has 0 saturated heterocycles. The van der Waals surface area contributed by atoms with E-state index in [-0.39, 0.29) is 5.97 Å². The monoisotopic (exact) mass is 537 g/mol. The standard InChI is InChI=1S/C28H25BrClNO3/c1-18-10-11-20(14-25(18)30)17-34-27-13-12-22(29)16-24(27)26-9-4-6-19(2)31(26)23-8-5-7-21(15-23)28(32)33-3/h5-16H,4,17H2,1-3H3. The molecule has 0 amide bonds. The zero-order valence-corrected chi connectivity index (χ0v) is 21.6. The van der Waals surface area contributed by atoms with Gasteiger partial charge >= 0.3 is 5.97 Å². The van der Waals surface area contributed by atoms with Crippen LogP contribution in [0.3, 0.4) is 0 Å². The maximum absolute atomic E-state index is 12.1. The lowest BCUT2D eigenvalue weighted by atomic mass is 10.0. The van der Waals surface area contributed by atoms with Crippen LogP contribution in [0.25, 0.3) is 5.70 Å². The maximum Gasteiger partial charge on any atom is 0.337 e. The molecule has 3 aromatic carbocycles. The summed E-state index contributed by atoms with van der Waals surface area (Å²) in [4.78, 5) is 14.3. The van der Waals surface area contributed by atoms with Crippen LogP contribution in [0.1, 0.15) is 40.4 Å². The number of nitrogens with zero attached hydrogens (tertiary/aromatic N) is 1. The summed E-state index contributed by atoms with van der Waals surface area (Å²) < 4.78 is 12.2. The summed E-state index contributed by atoms with van der Waals surface area (Å²) in [5.74, 6) is 0.393. The van der Waals surface area contributed by atoms with Crippen molar-refractivity contribution in [1.82, 2.24) is 0 Å². The predicted molar refractivity (Wildman–Crippen MR) is 141 cm³/mol. The van der Waals surface area contributed by atoms with Crippen LogP contribution in [0.4, 0.5) is 5.69 Å². The molecule has 0 N–H and O–H groups in total. The Labute approximate surface area is 213 Å². The number of allylic oxidation sites excluding steroid dienone is 3. The van der Waals surface area contributed by atoms with E-state index >= 15 is 0 Å². The lowest BCUT2D eigenvalue weighted by Gasteiger charge is -2.32. The number of carbonyl (C=O) groups is 1. The highest BCUT2D eigenvalue weighted by Gasteiger charge is 2.23. The Bertz CT molecular complexity index is 1300. The first kappa shape index (κ1) is 24.1. The summed E-state index contributed by atoms with van der Waals surface area (Å²) in [5, 5.41) is 0.726. The minimum Gasteiger partial charge on any atom is -0.488 e. The van der Waals surface area contributed by atoms with Crippen LogP contribution < -0.4 is 9.64 Å². The van der Waals surface area contributed by atoms with E-state index in [2.05, 4.69) is 46.0 Å². The zero-order chi connectivity index (χ0) is 24.2. The minimum absolute atomic E-state index is 0.366. The topological polar surface area (TPSA) is 38.8 Å². The van der Waals surface area contributed by atoms with Gasteiger partial charge in [0.1, 0.15) is 12.4 Å². The second-order valence-corrected chi connectivity index (χ2v) is 9.38. The van der Waals surface area contributed by atoms with Gasteiger partial charge in [0.05, 0.1) is 18.4 Å². The van der Waals surface area contributed by atoms with Crippen molar-refractivity contribution in [3.8, 4) is 5.75 Å². The van der Waals surface area contributed by atoms with Crippen molar-refractivity contribution in [2.45, 2.75) is 26.9 Å². The van der Waals surface area contributed by atoms with Gasteiger partial charge in [-0.1, -0.05) is 57.9 Å². The van der Waals surface area contributed by atoms with E-state index in [1.54, 1.807) is 6.07 Å². The Balaban J connectivity index is 1.70. The number of carbonyl (C=O) groups excluding carboxylic acids is 1. The molecule has 1 aliphatic heterocycles. The van der Waals surface area contributed by atoms with Crippen LogP contribution in [0.15, 0.2) is 83.0 Å². The fourth-order valence-corrected chi connectivity index (χ4v) is 4.46. The van der Waals surface area contributed by atoms with Gasteiger partial charge in [-0.25, -0.2) is 4.79 Å². The minimum atomic E-state index is -0.366. The van der Waals surface area contributed by atoms with Crippen LogP contribution in [0, 0.1) is 6.92 Å². The van der Waals surface area contributed by atoms with E-state index in [1.807, 2.05) is 55.5 Å². The summed E-state index contributed by atoms with van der Waals surface area (Å²) in [6.45, 7) is 4.44. The van der Waals surface area contributed by atoms with Crippen molar-refractivity contribution < 1.29 is 14.3 Å². The SMILES string of the molecule is COC(=O)c1cccc(N2C(C)=CCC=C2c2cc(Br)ccc2OCc2ccc(C)c(Cl)c2)c1. The molecule has 1 aliphatic rings. The summed E-state index contributed by atoms with van der Waals surface area (Å²) in [6, 6.07) is 19.4. The van der Waals surface area contributed by atoms with Crippen LogP contribution in [0.5, 0.6) is 5.75 Å². The number of esters is 1. The quantitative estimate of drug-likeness (QED) is 0.299. The molecule has 0 aromatic heterocycles. The summed E-state index contributed by atoms with van der Waals surface area (Å²) in [5.41, 5.74) is 6.41. The molecule has 0 atom stereocenters. The van der Waals surface area contributed by atoms with Crippen molar-refractivity contribution in [3.63, 3.8) is 0 Å². The number of halogens is 2. The Kier molecular flexibility index (Phi) is 7.44. The van der Waals surface area contributed by atoms with E-state index in [9.17, 15) is 4.79 Å². The molecule has 0 spiro atoms. The Morgan fingerprint density at radius 3 is 2.65 bits per heavy atom. The lowest BCUT2D eigenvalue weighted by molar-refractivity contribution is 0.0601. The Morgan fingerprint density at radius 2 is 1.88 bits per heavy atom. The molecule has 0 radical (unpaired) electrons. The van der Waals surface area contributed by atoms with Crippen molar-refractivity contribution in [2.75, 3.05) is 12.0 Å². The van der Waals surface area contributed by atoms with E-state index in [0.29, 0.717) is 12.2 Å². The molecule has 6 heteroatoms. The van der Waals surface area contributed by atoms with Gasteiger partial charge in [0, 0.05) is 26.4 Å². The van der Waals surface area contributed by atoms with Crippen molar-refractivity contribution in [3.05, 3.63) is 110 Å². The highest BCUT2D eigenvalue weighted by atomic mass is 79.9. The van der Waals surface area contributed by atoms with Gasteiger partial charge in [-0.3, -0.25) is 0 Å². The van der Waals surface area contributed by atoms with Gasteiger partial charge in [0.15, 0.2) is 0 Å². The number of hydrogen-bond donors (Lipinski definition) is 0. The largest absolute Gasteiger partial charge is 0.488 e. The van der Waals surface area contributed by atoms with E-state index in [0.717, 1.165) is 55.4 Å². The van der Waals surface area contributed by atoms with Gasteiger partial charge in [-0.2, -0.15) is 0 Å². The highest BCUT2D eigenvalue weighted by molar-refractivity contribution is 9.10. The summed E-state index contributed by atoms with van der Waals surface area (Å²) in [6.07, 6.45) is 5.12. The number of hydrogen-bond acceptors (Lipinski definition) is 4. The lowest BCUT2D eigenvalue weighted by Crippen LogP contribution is -2.22. The van der Waals surface area contributed by atoms with Crippen molar-refractivity contribution in [2.24, 2.45) is 0 Å². The number of benzene rings is 3. The molecule has 3 aromatic rings. The highest BCUT2D eigenvalue weighted by Crippen LogP contribution is 2.39. The molecule has 34 heavy (non-hydrogen) atoms. The van der Waals surface area contributed by atoms with Gasteiger partial charge < -0.3 is 14.4 Å². The van der Waals surface area contributed by atoms with Crippen molar-refractivity contribution in [1.29, 1.82) is 0 Å². The predicted octanol–water partition coefficient (Wildman–Crippen LogP) is 7.93. The number of methoxy groups -OCH3 is 1. The van der Waals surface area contributed by atoms with Crippen LogP contribution >= 0.6 is 27.5 Å². The molecule has 4 nitrogen and oxygen atoms in total. The second-order valence-electron chi connectivity index (χ2n) is 8.06. The Morgan fingerprint density at radius 1 is 1.06 bits per heavy atom. The van der Waals surface area contributed by atoms with Gasteiger partial charge in [0.2, 0.25) is 0 Å². The molecule has 0 bridgehead atoms. The fourth-order valence-electron chi connectivity index (χ4n) is 3.89. The van der Waals surface area contributed by atoms with Gasteiger partial charge in [-0.05, 0) is 73.9 Å². The molecule has 0 saturated carbocycles. The molecule has 0 fully saturated rings. The normalized spacial score (nSPS) is 13.3. The Hall–Kier alpha value is -3.02. The van der Waals surface area contributed by atoms with Gasteiger partial charge in [-0.15, -0.1) is 0 Å². The third kappa shape index (κ3) is 5.21. The van der Waals surface area contributed by atoms with Crippen molar-refractivity contribution >= 4 is 44.9 Å². The van der Waals surface area contributed by atoms with Crippen LogP contribution in [-0.4, -0.2) is 13.1 Å². The first-order valence-electron chi connectivity index (χ1n) is 10.9. The number of aryl methyl sites for hydroxylation is 1. The molecular weight excluding hydrogens is 514 g/mol. The van der Waals surface area contributed by atoms with E-state index < -0.39 is 0 Å². The molecule has 174 valence electrons. The maximum atomic E-state index is 12.1. The molecule has 0 aliphatic carbocycles. The molecule has 4 rings (SSSR count). The first-order valence-corrected chi connectivity index (χ1v) is 12.1.